The van der Waals surface area contributed by atoms with Gasteiger partial charge < -0.3 is 25.0 Å². The highest BCUT2D eigenvalue weighted by Gasteiger charge is 2.42. The molecule has 1 aliphatic rings. The standard InChI is InChI=1S/C17H18FN3O6/c1-8-12(22)13(23)16(27-8)21-7-10(18)14(20-17(21)25)19-15(24)9-5-3-4-6-11(9)26-2/h3-8,12-13,16,22-23H,1-2H3,(H,19,20,24,25)/t8-,12?,13?,16-/m1/s1. The molecule has 3 N–H and O–H groups in total. The van der Waals surface area contributed by atoms with Crippen molar-refractivity contribution in [1.29, 1.82) is 0 Å². The maximum absolute atomic E-state index is 14.4. The summed E-state index contributed by atoms with van der Waals surface area (Å²) in [5, 5.41) is 21.9. The molecule has 0 saturated carbocycles. The van der Waals surface area contributed by atoms with Crippen LogP contribution >= 0.6 is 0 Å². The molecule has 1 saturated heterocycles. The molecule has 1 fully saturated rings. The Balaban J connectivity index is 1.88. The molecule has 1 aliphatic heterocycles. The third-order valence-electron chi connectivity index (χ3n) is 4.24. The minimum absolute atomic E-state index is 0.136. The number of halogens is 1. The quantitative estimate of drug-likeness (QED) is 0.697. The Kier molecular flexibility index (Phi) is 5.22. The lowest BCUT2D eigenvalue weighted by Gasteiger charge is -2.17. The summed E-state index contributed by atoms with van der Waals surface area (Å²) in [5.74, 6) is -2.03. The molecule has 0 bridgehead atoms. The van der Waals surface area contributed by atoms with Crippen LogP contribution in [0.1, 0.15) is 23.5 Å². The number of nitrogens with zero attached hydrogens (tertiary/aromatic N) is 2. The van der Waals surface area contributed by atoms with Crippen molar-refractivity contribution < 1.29 is 28.9 Å². The molecule has 2 heterocycles. The van der Waals surface area contributed by atoms with E-state index in [1.165, 1.54) is 20.1 Å². The number of hydrogen-bond acceptors (Lipinski definition) is 7. The number of ether oxygens (including phenoxy) is 2. The van der Waals surface area contributed by atoms with E-state index in [4.69, 9.17) is 9.47 Å². The van der Waals surface area contributed by atoms with E-state index in [1.54, 1.807) is 18.2 Å². The fourth-order valence-electron chi connectivity index (χ4n) is 2.78. The normalized spacial score (nSPS) is 24.6. The topological polar surface area (TPSA) is 123 Å². The molecule has 2 aromatic rings. The second-order valence-corrected chi connectivity index (χ2v) is 5.99. The van der Waals surface area contributed by atoms with Crippen LogP contribution < -0.4 is 15.7 Å². The molecule has 27 heavy (non-hydrogen) atoms. The first-order valence-corrected chi connectivity index (χ1v) is 8.08. The number of amides is 1. The zero-order valence-electron chi connectivity index (χ0n) is 14.5. The molecule has 144 valence electrons. The van der Waals surface area contributed by atoms with Gasteiger partial charge in [-0.1, -0.05) is 12.1 Å². The van der Waals surface area contributed by atoms with Crippen LogP contribution in [-0.2, 0) is 4.74 Å². The molecule has 9 nitrogen and oxygen atoms in total. The van der Waals surface area contributed by atoms with E-state index < -0.39 is 47.8 Å². The van der Waals surface area contributed by atoms with Crippen LogP contribution in [0, 0.1) is 5.82 Å². The molecule has 0 aliphatic carbocycles. The first kappa shape index (κ1) is 19.0. The number of hydrogen-bond donors (Lipinski definition) is 3. The van der Waals surface area contributed by atoms with Crippen LogP contribution in [0.3, 0.4) is 0 Å². The van der Waals surface area contributed by atoms with E-state index in [2.05, 4.69) is 10.3 Å². The molecular weight excluding hydrogens is 361 g/mol. The van der Waals surface area contributed by atoms with E-state index in [0.717, 1.165) is 10.8 Å². The van der Waals surface area contributed by atoms with Crippen LogP contribution in [0.25, 0.3) is 0 Å². The van der Waals surface area contributed by atoms with Crippen molar-refractivity contribution in [2.45, 2.75) is 31.5 Å². The lowest BCUT2D eigenvalue weighted by molar-refractivity contribution is -0.0355. The van der Waals surface area contributed by atoms with Gasteiger partial charge in [0.05, 0.1) is 25.0 Å². The number of aromatic nitrogens is 2. The molecule has 0 radical (unpaired) electrons. The lowest BCUT2D eigenvalue weighted by atomic mass is 10.1. The average Bonchev–Trinajstić information content (AvgIpc) is 2.91. The highest BCUT2D eigenvalue weighted by atomic mass is 19.1. The second kappa shape index (κ2) is 7.43. The first-order valence-electron chi connectivity index (χ1n) is 8.08. The predicted octanol–water partition coefficient (Wildman–Crippen LogP) is 0.282. The van der Waals surface area contributed by atoms with Crippen molar-refractivity contribution in [2.75, 3.05) is 12.4 Å². The molecular formula is C17H18FN3O6. The summed E-state index contributed by atoms with van der Waals surface area (Å²) < 4.78 is 25.5. The Morgan fingerprint density at radius 2 is 2.04 bits per heavy atom. The molecule has 1 amide bonds. The van der Waals surface area contributed by atoms with Gasteiger partial charge in [0.2, 0.25) is 0 Å². The Bertz CT molecular complexity index is 918. The monoisotopic (exact) mass is 379 g/mol. The fourth-order valence-corrected chi connectivity index (χ4v) is 2.78. The van der Waals surface area contributed by atoms with Gasteiger partial charge in [-0.25, -0.2) is 9.18 Å². The van der Waals surface area contributed by atoms with Gasteiger partial charge >= 0.3 is 5.69 Å². The summed E-state index contributed by atoms with van der Waals surface area (Å²) in [7, 11) is 1.38. The Morgan fingerprint density at radius 3 is 2.67 bits per heavy atom. The number of methoxy groups -OCH3 is 1. The zero-order chi connectivity index (χ0) is 19.7. The SMILES string of the molecule is COc1ccccc1C(=O)Nc1nc(=O)n([C@@H]2O[C@H](C)C(O)C2O)cc1F. The van der Waals surface area contributed by atoms with E-state index in [0.29, 0.717) is 0 Å². The van der Waals surface area contributed by atoms with E-state index >= 15 is 0 Å². The molecule has 1 aromatic heterocycles. The number of aliphatic hydroxyl groups excluding tert-OH is 2. The summed E-state index contributed by atoms with van der Waals surface area (Å²) in [6, 6.07) is 6.29. The molecule has 1 aromatic carbocycles. The van der Waals surface area contributed by atoms with E-state index in [1.807, 2.05) is 0 Å². The van der Waals surface area contributed by atoms with Gasteiger partial charge in [-0.05, 0) is 19.1 Å². The predicted molar refractivity (Wildman–Crippen MR) is 91.0 cm³/mol. The van der Waals surface area contributed by atoms with Gasteiger partial charge in [0.1, 0.15) is 18.0 Å². The van der Waals surface area contributed by atoms with Gasteiger partial charge in [0.15, 0.2) is 17.9 Å². The zero-order valence-corrected chi connectivity index (χ0v) is 14.5. The fraction of sp³-hybridized carbons (Fsp3) is 0.353. The number of anilines is 1. The maximum atomic E-state index is 14.4. The van der Waals surface area contributed by atoms with Crippen molar-refractivity contribution in [3.63, 3.8) is 0 Å². The highest BCUT2D eigenvalue weighted by molar-refractivity contribution is 6.05. The Hall–Kier alpha value is -2.82. The second-order valence-electron chi connectivity index (χ2n) is 5.99. The summed E-state index contributed by atoms with van der Waals surface area (Å²) in [5.41, 5.74) is -0.825. The molecule has 0 spiro atoms. The van der Waals surface area contributed by atoms with E-state index in [9.17, 15) is 24.2 Å². The molecule has 3 rings (SSSR count). The molecule has 4 atom stereocenters. The number of nitrogens with one attached hydrogen (secondary N) is 1. The summed E-state index contributed by atoms with van der Waals surface area (Å²) in [6.07, 6.45) is -3.93. The minimum Gasteiger partial charge on any atom is -0.496 e. The van der Waals surface area contributed by atoms with Crippen molar-refractivity contribution in [2.24, 2.45) is 0 Å². The first-order chi connectivity index (χ1) is 12.8. The van der Waals surface area contributed by atoms with Crippen LogP contribution in [-0.4, -0.2) is 51.1 Å². The maximum Gasteiger partial charge on any atom is 0.351 e. The van der Waals surface area contributed by atoms with Gasteiger partial charge in [0, 0.05) is 0 Å². The van der Waals surface area contributed by atoms with Gasteiger partial charge in [-0.2, -0.15) is 4.98 Å². The van der Waals surface area contributed by atoms with Crippen molar-refractivity contribution in [3.05, 3.63) is 52.3 Å². The van der Waals surface area contributed by atoms with Crippen molar-refractivity contribution >= 4 is 11.7 Å². The number of benzene rings is 1. The third-order valence-corrected chi connectivity index (χ3v) is 4.24. The Labute approximate surface area is 153 Å². The average molecular weight is 379 g/mol. The van der Waals surface area contributed by atoms with E-state index in [-0.39, 0.29) is 11.3 Å². The van der Waals surface area contributed by atoms with Crippen LogP contribution in [0.5, 0.6) is 5.75 Å². The molecule has 10 heteroatoms. The summed E-state index contributed by atoms with van der Waals surface area (Å²) in [6.45, 7) is 1.50. The van der Waals surface area contributed by atoms with Crippen LogP contribution in [0.15, 0.2) is 35.3 Å². The van der Waals surface area contributed by atoms with Crippen molar-refractivity contribution in [3.8, 4) is 5.75 Å². The highest BCUT2D eigenvalue weighted by Crippen LogP contribution is 2.28. The van der Waals surface area contributed by atoms with Crippen molar-refractivity contribution in [1.82, 2.24) is 9.55 Å². The van der Waals surface area contributed by atoms with Gasteiger partial charge in [0.25, 0.3) is 5.91 Å². The van der Waals surface area contributed by atoms with Gasteiger partial charge in [-0.15, -0.1) is 0 Å². The minimum atomic E-state index is -1.42. The molecule has 2 unspecified atom stereocenters. The largest absolute Gasteiger partial charge is 0.496 e. The van der Waals surface area contributed by atoms with Crippen LogP contribution in [0.2, 0.25) is 0 Å². The van der Waals surface area contributed by atoms with Gasteiger partial charge in [-0.3, -0.25) is 9.36 Å². The summed E-state index contributed by atoms with van der Waals surface area (Å²) in [4.78, 5) is 28.1. The summed E-state index contributed by atoms with van der Waals surface area (Å²) >= 11 is 0. The smallest absolute Gasteiger partial charge is 0.351 e. The number of rotatable bonds is 4. The third kappa shape index (κ3) is 3.54. The van der Waals surface area contributed by atoms with Crippen LogP contribution in [0.4, 0.5) is 10.2 Å². The number of carbonyl (C=O) groups is 1. The Morgan fingerprint density at radius 1 is 1.33 bits per heavy atom. The number of aliphatic hydroxyl groups is 2. The lowest BCUT2D eigenvalue weighted by Crippen LogP contribution is -2.36. The number of para-hydroxylation sites is 1. The number of carbonyl (C=O) groups excluding carboxylic acids is 1.